The summed E-state index contributed by atoms with van der Waals surface area (Å²) in [5.74, 6) is -0.717. The summed E-state index contributed by atoms with van der Waals surface area (Å²) in [7, 11) is 0. The van der Waals surface area contributed by atoms with Crippen LogP contribution in [0.1, 0.15) is 36.9 Å². The first-order valence-corrected chi connectivity index (χ1v) is 11.8. The molecule has 4 rings (SSSR count). The quantitative estimate of drug-likeness (QED) is 0.397. The zero-order valence-electron chi connectivity index (χ0n) is 19.6. The van der Waals surface area contributed by atoms with Crippen LogP contribution in [0.15, 0.2) is 54.6 Å². The van der Waals surface area contributed by atoms with Crippen LogP contribution in [0, 0.1) is 18.8 Å². The third-order valence-electron chi connectivity index (χ3n) is 6.58. The second-order valence-corrected chi connectivity index (χ2v) is 9.28. The standard InChI is InChI=1S/C27H29F3N2O3/c1-18-7-13-21(14-8-18)24-25(22-5-3-2-4-6-22)31-32(26(24)27(28,29)30)15-19-9-11-20(12-10-19)16-35-17-23(33)34/h2-8,13-14,19-20H,9-12,15-17H2,1H3,(H,33,34)/t19-,20-. The predicted molar refractivity (Wildman–Crippen MR) is 127 cm³/mol. The van der Waals surface area contributed by atoms with Crippen molar-refractivity contribution in [2.45, 2.75) is 45.3 Å². The van der Waals surface area contributed by atoms with Crippen molar-refractivity contribution < 1.29 is 27.8 Å². The number of carboxylic acids is 1. The first kappa shape index (κ1) is 25.0. The Kier molecular flexibility index (Phi) is 7.60. The normalized spacial score (nSPS) is 18.5. The minimum atomic E-state index is -4.57. The molecule has 0 aliphatic heterocycles. The molecule has 3 aromatic rings. The van der Waals surface area contributed by atoms with Crippen LogP contribution in [0.2, 0.25) is 0 Å². The van der Waals surface area contributed by atoms with Crippen LogP contribution in [0.5, 0.6) is 0 Å². The molecule has 0 spiro atoms. The highest BCUT2D eigenvalue weighted by molar-refractivity contribution is 5.83. The predicted octanol–water partition coefficient (Wildman–Crippen LogP) is 6.45. The molecule has 1 heterocycles. The number of hydrogen-bond acceptors (Lipinski definition) is 3. The third kappa shape index (κ3) is 6.11. The summed E-state index contributed by atoms with van der Waals surface area (Å²) in [6.45, 7) is 2.12. The molecule has 1 aliphatic rings. The number of nitrogens with zero attached hydrogens (tertiary/aromatic N) is 2. The van der Waals surface area contributed by atoms with E-state index < -0.39 is 17.8 Å². The largest absolute Gasteiger partial charge is 0.480 e. The molecule has 0 amide bonds. The SMILES string of the molecule is Cc1ccc(-c2c(-c3ccccc3)nn(C[C@H]3CC[C@H](COCC(=O)O)CC3)c2C(F)(F)F)cc1. The number of aryl methyl sites for hydroxylation is 1. The monoisotopic (exact) mass is 486 g/mol. The molecular formula is C27H29F3N2O3. The average molecular weight is 487 g/mol. The Bertz CT molecular complexity index is 1130. The highest BCUT2D eigenvalue weighted by Crippen LogP contribution is 2.43. The number of aromatic nitrogens is 2. The van der Waals surface area contributed by atoms with Gasteiger partial charge in [-0.1, -0.05) is 60.2 Å². The molecule has 0 atom stereocenters. The molecule has 0 bridgehead atoms. The number of carbonyl (C=O) groups is 1. The van der Waals surface area contributed by atoms with Gasteiger partial charge in [-0.2, -0.15) is 18.3 Å². The number of halogens is 3. The summed E-state index contributed by atoms with van der Waals surface area (Å²) >= 11 is 0. The zero-order valence-corrected chi connectivity index (χ0v) is 19.6. The van der Waals surface area contributed by atoms with E-state index in [0.717, 1.165) is 35.9 Å². The average Bonchev–Trinajstić information content (AvgIpc) is 3.21. The van der Waals surface area contributed by atoms with Crippen LogP contribution in [0.4, 0.5) is 13.2 Å². The van der Waals surface area contributed by atoms with Gasteiger partial charge in [-0.05, 0) is 50.0 Å². The van der Waals surface area contributed by atoms with E-state index in [1.54, 1.807) is 36.4 Å². The number of benzene rings is 2. The molecule has 0 radical (unpaired) electrons. The lowest BCUT2D eigenvalue weighted by atomic mass is 9.82. The molecule has 186 valence electrons. The molecule has 5 nitrogen and oxygen atoms in total. The maximum atomic E-state index is 14.5. The Morgan fingerprint density at radius 3 is 2.23 bits per heavy atom. The van der Waals surface area contributed by atoms with Gasteiger partial charge in [0.1, 0.15) is 12.3 Å². The molecule has 1 N–H and O–H groups in total. The van der Waals surface area contributed by atoms with E-state index in [1.165, 1.54) is 0 Å². The van der Waals surface area contributed by atoms with Crippen LogP contribution in [-0.2, 0) is 22.3 Å². The molecule has 1 aromatic heterocycles. The molecule has 0 unspecified atom stereocenters. The Morgan fingerprint density at radius 2 is 1.63 bits per heavy atom. The fourth-order valence-corrected chi connectivity index (χ4v) is 4.81. The summed E-state index contributed by atoms with van der Waals surface area (Å²) in [5, 5.41) is 13.3. The molecular weight excluding hydrogens is 457 g/mol. The molecule has 1 saturated carbocycles. The van der Waals surface area contributed by atoms with Crippen molar-refractivity contribution in [2.75, 3.05) is 13.2 Å². The van der Waals surface area contributed by atoms with Crippen molar-refractivity contribution in [3.63, 3.8) is 0 Å². The number of rotatable bonds is 8. The third-order valence-corrected chi connectivity index (χ3v) is 6.58. The highest BCUT2D eigenvalue weighted by atomic mass is 19.4. The van der Waals surface area contributed by atoms with Crippen molar-refractivity contribution in [2.24, 2.45) is 11.8 Å². The lowest BCUT2D eigenvalue weighted by molar-refractivity contribution is -0.144. The van der Waals surface area contributed by atoms with Crippen LogP contribution in [0.25, 0.3) is 22.4 Å². The summed E-state index contributed by atoms with van der Waals surface area (Å²) in [6, 6.07) is 16.1. The topological polar surface area (TPSA) is 64.4 Å². The summed E-state index contributed by atoms with van der Waals surface area (Å²) in [4.78, 5) is 10.6. The van der Waals surface area contributed by atoms with E-state index in [0.29, 0.717) is 23.4 Å². The van der Waals surface area contributed by atoms with Crippen molar-refractivity contribution in [3.8, 4) is 22.4 Å². The maximum Gasteiger partial charge on any atom is 0.433 e. The Morgan fingerprint density at radius 1 is 1.00 bits per heavy atom. The van der Waals surface area contributed by atoms with Crippen LogP contribution >= 0.6 is 0 Å². The van der Waals surface area contributed by atoms with Crippen molar-refractivity contribution in [1.29, 1.82) is 0 Å². The van der Waals surface area contributed by atoms with E-state index in [9.17, 15) is 18.0 Å². The first-order valence-electron chi connectivity index (χ1n) is 11.8. The fraction of sp³-hybridized carbons (Fsp3) is 0.407. The van der Waals surface area contributed by atoms with Crippen molar-refractivity contribution in [1.82, 2.24) is 9.78 Å². The Hall–Kier alpha value is -3.13. The lowest BCUT2D eigenvalue weighted by Crippen LogP contribution is -2.25. The van der Waals surface area contributed by atoms with Crippen LogP contribution < -0.4 is 0 Å². The maximum absolute atomic E-state index is 14.5. The molecule has 1 aliphatic carbocycles. The summed E-state index contributed by atoms with van der Waals surface area (Å²) in [5.41, 5.74) is 1.84. The van der Waals surface area contributed by atoms with Crippen molar-refractivity contribution >= 4 is 5.97 Å². The molecule has 0 saturated heterocycles. The van der Waals surface area contributed by atoms with Gasteiger partial charge in [-0.3, -0.25) is 4.68 Å². The number of hydrogen-bond donors (Lipinski definition) is 1. The molecule has 8 heteroatoms. The lowest BCUT2D eigenvalue weighted by Gasteiger charge is -2.28. The van der Waals surface area contributed by atoms with E-state index in [4.69, 9.17) is 9.84 Å². The van der Waals surface area contributed by atoms with Gasteiger partial charge >= 0.3 is 12.1 Å². The smallest absolute Gasteiger partial charge is 0.433 e. The molecule has 1 fully saturated rings. The Balaban J connectivity index is 1.64. The number of alkyl halides is 3. The van der Waals surface area contributed by atoms with E-state index in [1.807, 2.05) is 25.1 Å². The van der Waals surface area contributed by atoms with Crippen LogP contribution in [0.3, 0.4) is 0 Å². The van der Waals surface area contributed by atoms with Gasteiger partial charge in [-0.15, -0.1) is 0 Å². The molecule has 35 heavy (non-hydrogen) atoms. The fourth-order valence-electron chi connectivity index (χ4n) is 4.81. The first-order chi connectivity index (χ1) is 16.7. The van der Waals surface area contributed by atoms with Gasteiger partial charge in [0, 0.05) is 17.7 Å². The Labute approximate surface area is 202 Å². The number of carboxylic acid groups (broad SMARTS) is 1. The van der Waals surface area contributed by atoms with Gasteiger partial charge in [0.15, 0.2) is 5.69 Å². The summed E-state index contributed by atoms with van der Waals surface area (Å²) < 4.78 is 49.9. The second kappa shape index (κ2) is 10.6. The minimum Gasteiger partial charge on any atom is -0.480 e. The van der Waals surface area contributed by atoms with E-state index >= 15 is 0 Å². The summed E-state index contributed by atoms with van der Waals surface area (Å²) in [6.07, 6.45) is -1.48. The number of aliphatic carboxylic acids is 1. The highest BCUT2D eigenvalue weighted by Gasteiger charge is 2.41. The van der Waals surface area contributed by atoms with Gasteiger partial charge in [0.05, 0.1) is 6.61 Å². The second-order valence-electron chi connectivity index (χ2n) is 9.28. The van der Waals surface area contributed by atoms with Gasteiger partial charge in [0.25, 0.3) is 0 Å². The van der Waals surface area contributed by atoms with Gasteiger partial charge < -0.3 is 9.84 Å². The number of ether oxygens (including phenoxy) is 1. The van der Waals surface area contributed by atoms with E-state index in [-0.39, 0.29) is 30.6 Å². The zero-order chi connectivity index (χ0) is 25.0. The van der Waals surface area contributed by atoms with Gasteiger partial charge in [-0.25, -0.2) is 4.79 Å². The van der Waals surface area contributed by atoms with Gasteiger partial charge in [0.2, 0.25) is 0 Å². The van der Waals surface area contributed by atoms with Crippen molar-refractivity contribution in [3.05, 3.63) is 65.9 Å². The minimum absolute atomic E-state index is 0.0567. The molecule has 2 aromatic carbocycles. The van der Waals surface area contributed by atoms with Crippen LogP contribution in [-0.4, -0.2) is 34.1 Å². The van der Waals surface area contributed by atoms with E-state index in [2.05, 4.69) is 5.10 Å².